The highest BCUT2D eigenvalue weighted by Gasteiger charge is 2.59. The number of aryl methyl sites for hydroxylation is 1. The maximum absolute atomic E-state index is 13.5. The van der Waals surface area contributed by atoms with Crippen molar-refractivity contribution in [3.63, 3.8) is 0 Å². The van der Waals surface area contributed by atoms with Crippen molar-refractivity contribution >= 4 is 11.0 Å². The molecule has 2 aromatic carbocycles. The van der Waals surface area contributed by atoms with E-state index in [1.54, 1.807) is 54.2 Å². The summed E-state index contributed by atoms with van der Waals surface area (Å²) in [6.07, 6.45) is 1.41. The van der Waals surface area contributed by atoms with E-state index < -0.39 is 11.8 Å². The van der Waals surface area contributed by atoms with Crippen LogP contribution in [0.5, 0.6) is 5.75 Å². The third-order valence-corrected chi connectivity index (χ3v) is 5.52. The number of alkyl halides is 2. The Balaban J connectivity index is 1.40. The summed E-state index contributed by atoms with van der Waals surface area (Å²) in [4.78, 5) is 17.0. The number of halogens is 3. The second kappa shape index (κ2) is 7.01. The monoisotopic (exact) mass is 425 g/mol. The van der Waals surface area contributed by atoms with E-state index in [-0.39, 0.29) is 24.4 Å². The largest absolute Gasteiger partial charge is 0.489 e. The van der Waals surface area contributed by atoms with Gasteiger partial charge < -0.3 is 9.30 Å². The molecule has 1 unspecified atom stereocenters. The van der Waals surface area contributed by atoms with Crippen molar-refractivity contribution in [1.29, 1.82) is 0 Å². The van der Waals surface area contributed by atoms with Gasteiger partial charge in [-0.3, -0.25) is 9.36 Å². The van der Waals surface area contributed by atoms with Crippen molar-refractivity contribution in [3.05, 3.63) is 88.4 Å². The zero-order chi connectivity index (χ0) is 21.8. The molecule has 1 saturated carbocycles. The highest BCUT2D eigenvalue weighted by atomic mass is 19.3. The molecule has 4 aromatic rings. The van der Waals surface area contributed by atoms with Crippen LogP contribution in [0, 0.1) is 5.82 Å². The molecule has 2 aromatic heterocycles. The number of rotatable bonds is 5. The number of aromatic nitrogens is 3. The third-order valence-electron chi connectivity index (χ3n) is 5.52. The van der Waals surface area contributed by atoms with Gasteiger partial charge in [0, 0.05) is 25.7 Å². The number of pyridine rings is 1. The molecule has 8 heteroatoms. The fourth-order valence-electron chi connectivity index (χ4n) is 3.66. The highest BCUT2D eigenvalue weighted by molar-refractivity contribution is 5.79. The van der Waals surface area contributed by atoms with Gasteiger partial charge in [0.1, 0.15) is 24.0 Å². The zero-order valence-electron chi connectivity index (χ0n) is 16.6. The molecule has 0 amide bonds. The number of hydrogen-bond acceptors (Lipinski definition) is 3. The van der Waals surface area contributed by atoms with Crippen LogP contribution in [0.1, 0.15) is 23.7 Å². The smallest absolute Gasteiger partial charge is 0.259 e. The first-order valence-corrected chi connectivity index (χ1v) is 9.76. The van der Waals surface area contributed by atoms with Crippen LogP contribution >= 0.6 is 0 Å². The Bertz CT molecular complexity index is 1340. The molecule has 1 atom stereocenters. The van der Waals surface area contributed by atoms with E-state index in [9.17, 15) is 18.0 Å². The molecular formula is C23H18F3N3O2. The summed E-state index contributed by atoms with van der Waals surface area (Å²) in [6.45, 7) is 0.208. The quantitative estimate of drug-likeness (QED) is 0.471. The predicted molar refractivity (Wildman–Crippen MR) is 109 cm³/mol. The minimum absolute atomic E-state index is 0.185. The van der Waals surface area contributed by atoms with E-state index in [1.807, 2.05) is 0 Å². The van der Waals surface area contributed by atoms with Crippen LogP contribution in [0.25, 0.3) is 16.7 Å². The number of hydrogen-bond donors (Lipinski definition) is 0. The van der Waals surface area contributed by atoms with Crippen LogP contribution in [0.15, 0.2) is 65.6 Å². The van der Waals surface area contributed by atoms with Crippen molar-refractivity contribution in [2.24, 2.45) is 7.05 Å². The first-order chi connectivity index (χ1) is 14.8. The third kappa shape index (κ3) is 3.58. The van der Waals surface area contributed by atoms with Crippen LogP contribution in [0.4, 0.5) is 13.2 Å². The van der Waals surface area contributed by atoms with Gasteiger partial charge in [0.05, 0.1) is 22.6 Å². The molecule has 0 bridgehead atoms. The standard InChI is InChI=1S/C23H18F3N3O2/c1-28-20-10-16(6-7-19(20)27-22(28)18-12-23(18,25)26)29-9-8-17(11-21(29)30)31-13-14-2-4-15(24)5-3-14/h2-11,18H,12-13H2,1H3. The Hall–Kier alpha value is -3.55. The van der Waals surface area contributed by atoms with Gasteiger partial charge in [-0.1, -0.05) is 12.1 Å². The molecule has 1 fully saturated rings. The summed E-state index contributed by atoms with van der Waals surface area (Å²) in [5, 5.41) is 0. The highest BCUT2D eigenvalue weighted by Crippen LogP contribution is 2.55. The van der Waals surface area contributed by atoms with Gasteiger partial charge >= 0.3 is 0 Å². The van der Waals surface area contributed by atoms with Crippen molar-refractivity contribution in [1.82, 2.24) is 14.1 Å². The van der Waals surface area contributed by atoms with Crippen molar-refractivity contribution < 1.29 is 17.9 Å². The summed E-state index contributed by atoms with van der Waals surface area (Å²) in [6, 6.07) is 14.2. The topological polar surface area (TPSA) is 49.0 Å². The van der Waals surface area contributed by atoms with Gasteiger partial charge in [0.15, 0.2) is 0 Å². The Morgan fingerprint density at radius 1 is 1.13 bits per heavy atom. The molecule has 0 spiro atoms. The molecule has 2 heterocycles. The Morgan fingerprint density at radius 2 is 1.87 bits per heavy atom. The maximum Gasteiger partial charge on any atom is 0.259 e. The molecule has 0 N–H and O–H groups in total. The van der Waals surface area contributed by atoms with Gasteiger partial charge in [-0.15, -0.1) is 0 Å². The van der Waals surface area contributed by atoms with Crippen molar-refractivity contribution in [3.8, 4) is 11.4 Å². The fourth-order valence-corrected chi connectivity index (χ4v) is 3.66. The van der Waals surface area contributed by atoms with Crippen molar-refractivity contribution in [2.45, 2.75) is 24.9 Å². The molecule has 1 aliphatic rings. The van der Waals surface area contributed by atoms with E-state index in [2.05, 4.69) is 4.98 Å². The van der Waals surface area contributed by atoms with E-state index in [0.29, 0.717) is 28.3 Å². The SMILES string of the molecule is Cn1c(C2CC2(F)F)nc2ccc(-n3ccc(OCc4ccc(F)cc4)cc3=O)cc21. The second-order valence-electron chi connectivity index (χ2n) is 7.71. The first kappa shape index (κ1) is 19.4. The number of fused-ring (bicyclic) bond motifs is 1. The van der Waals surface area contributed by atoms with Crippen LogP contribution in [-0.2, 0) is 13.7 Å². The molecule has 31 heavy (non-hydrogen) atoms. The Kier molecular flexibility index (Phi) is 4.39. The minimum Gasteiger partial charge on any atom is -0.489 e. The number of ether oxygens (including phenoxy) is 1. The van der Waals surface area contributed by atoms with Gasteiger partial charge in [0.2, 0.25) is 0 Å². The van der Waals surface area contributed by atoms with Gasteiger partial charge in [-0.05, 0) is 42.0 Å². The van der Waals surface area contributed by atoms with Crippen LogP contribution < -0.4 is 10.3 Å². The number of imidazole rings is 1. The zero-order valence-corrected chi connectivity index (χ0v) is 16.6. The Labute approximate surface area is 175 Å². The molecule has 5 rings (SSSR count). The molecule has 1 aliphatic carbocycles. The number of benzene rings is 2. The van der Waals surface area contributed by atoms with Crippen LogP contribution in [0.3, 0.4) is 0 Å². The predicted octanol–water partition coefficient (Wildman–Crippen LogP) is 4.56. The van der Waals surface area contributed by atoms with Crippen LogP contribution in [-0.4, -0.2) is 20.0 Å². The minimum atomic E-state index is -2.70. The summed E-state index contributed by atoms with van der Waals surface area (Å²) in [7, 11) is 1.71. The molecule has 5 nitrogen and oxygen atoms in total. The molecule has 0 radical (unpaired) electrons. The summed E-state index contributed by atoms with van der Waals surface area (Å²) in [5.41, 5.74) is 2.37. The number of nitrogens with zero attached hydrogens (tertiary/aromatic N) is 3. The van der Waals surface area contributed by atoms with E-state index >= 15 is 0 Å². The Morgan fingerprint density at radius 3 is 2.55 bits per heavy atom. The summed E-state index contributed by atoms with van der Waals surface area (Å²) in [5.74, 6) is -3.12. The molecule has 0 aliphatic heterocycles. The van der Waals surface area contributed by atoms with Crippen LogP contribution in [0.2, 0.25) is 0 Å². The molecular weight excluding hydrogens is 407 g/mol. The summed E-state index contributed by atoms with van der Waals surface area (Å²) >= 11 is 0. The normalized spacial score (nSPS) is 17.1. The summed E-state index contributed by atoms with van der Waals surface area (Å²) < 4.78 is 48.7. The molecule has 158 valence electrons. The maximum atomic E-state index is 13.5. The van der Waals surface area contributed by atoms with Gasteiger partial charge in [-0.2, -0.15) is 0 Å². The lowest BCUT2D eigenvalue weighted by Gasteiger charge is -2.09. The average Bonchev–Trinajstić information content (AvgIpc) is 3.26. The van der Waals surface area contributed by atoms with E-state index in [4.69, 9.17) is 4.74 Å². The van der Waals surface area contributed by atoms with Crippen molar-refractivity contribution in [2.75, 3.05) is 0 Å². The molecule has 0 saturated heterocycles. The first-order valence-electron chi connectivity index (χ1n) is 9.76. The lowest BCUT2D eigenvalue weighted by Crippen LogP contribution is -2.16. The lowest BCUT2D eigenvalue weighted by atomic mass is 10.2. The average molecular weight is 425 g/mol. The lowest BCUT2D eigenvalue weighted by molar-refractivity contribution is 0.110. The van der Waals surface area contributed by atoms with Gasteiger partial charge in [0.25, 0.3) is 11.5 Å². The fraction of sp³-hybridized carbons (Fsp3) is 0.217. The van der Waals surface area contributed by atoms with Gasteiger partial charge in [-0.25, -0.2) is 18.2 Å². The second-order valence-corrected chi connectivity index (χ2v) is 7.71. The van der Waals surface area contributed by atoms with E-state index in [0.717, 1.165) is 5.56 Å². The van der Waals surface area contributed by atoms with E-state index in [1.165, 1.54) is 22.8 Å².